The van der Waals surface area contributed by atoms with E-state index in [9.17, 15) is 14.4 Å². The molecule has 0 radical (unpaired) electrons. The van der Waals surface area contributed by atoms with Crippen molar-refractivity contribution in [3.63, 3.8) is 0 Å². The third-order valence-corrected chi connectivity index (χ3v) is 6.64. The summed E-state index contributed by atoms with van der Waals surface area (Å²) >= 11 is 6.39. The molecule has 2 N–H and O–H groups in total. The molecule has 0 aliphatic carbocycles. The van der Waals surface area contributed by atoms with Crippen molar-refractivity contribution in [2.24, 2.45) is 0 Å². The van der Waals surface area contributed by atoms with Crippen molar-refractivity contribution in [1.29, 1.82) is 0 Å². The lowest BCUT2D eigenvalue weighted by Crippen LogP contribution is -2.51. The molecule has 8 heteroatoms. The predicted molar refractivity (Wildman–Crippen MR) is 162 cm³/mol. The number of halogens is 1. The summed E-state index contributed by atoms with van der Waals surface area (Å²) in [5, 5.41) is 5.88. The van der Waals surface area contributed by atoms with Crippen LogP contribution in [0.4, 0.5) is 10.5 Å². The molecule has 2 atom stereocenters. The first-order chi connectivity index (χ1) is 19.4. The summed E-state index contributed by atoms with van der Waals surface area (Å²) in [7, 11) is 0. The number of hydrogen-bond acceptors (Lipinski definition) is 4. The maximum absolute atomic E-state index is 14.1. The van der Waals surface area contributed by atoms with Gasteiger partial charge in [-0.1, -0.05) is 91.7 Å². The first kappa shape index (κ1) is 31.3. The molecule has 0 aliphatic heterocycles. The van der Waals surface area contributed by atoms with Crippen molar-refractivity contribution in [2.75, 3.05) is 5.32 Å². The van der Waals surface area contributed by atoms with Gasteiger partial charge in [-0.15, -0.1) is 0 Å². The average molecular weight is 574 g/mol. The lowest BCUT2D eigenvalue weighted by molar-refractivity contribution is -0.136. The monoisotopic (exact) mass is 573 g/mol. The minimum atomic E-state index is -1.22. The summed E-state index contributed by atoms with van der Waals surface area (Å²) in [5.41, 5.74) is 2.74. The number of alkyl carbamates (subject to hydrolysis) is 1. The molecule has 214 valence electrons. The van der Waals surface area contributed by atoms with Gasteiger partial charge < -0.3 is 15.4 Å². The molecular formula is C33H36ClN3O4. The van der Waals surface area contributed by atoms with Crippen molar-refractivity contribution < 1.29 is 19.1 Å². The van der Waals surface area contributed by atoms with Gasteiger partial charge in [0.25, 0.3) is 11.8 Å². The number of anilines is 1. The zero-order chi connectivity index (χ0) is 30.2. The predicted octanol–water partition coefficient (Wildman–Crippen LogP) is 6.45. The lowest BCUT2D eigenvalue weighted by Gasteiger charge is -2.31. The minimum Gasteiger partial charge on any atom is -0.444 e. The summed E-state index contributed by atoms with van der Waals surface area (Å²) < 4.78 is 5.43. The maximum atomic E-state index is 14.1. The highest BCUT2D eigenvalue weighted by Gasteiger charge is 2.36. The highest BCUT2D eigenvalue weighted by atomic mass is 35.5. The molecule has 2 unspecified atom stereocenters. The molecule has 0 heterocycles. The standard InChI is InChI=1S/C33H36ClN3O4/c1-7-23-17-19-25(20-18-23)29(30(38)36-28-22(3)13-12-16-26(28)34)37(8-2)31(39)27(21-24-14-10-9-11-15-24)35-32(40)41-33(4,5)6/h2,9-20,27,29H,7,21H2,1,3-6H3,(H,35,40)(H,36,38). The van der Waals surface area contributed by atoms with E-state index in [-0.39, 0.29) is 6.42 Å². The van der Waals surface area contributed by atoms with Gasteiger partial charge in [0.2, 0.25) is 0 Å². The third kappa shape index (κ3) is 8.60. The van der Waals surface area contributed by atoms with Gasteiger partial charge in [-0.2, -0.15) is 0 Å². The lowest BCUT2D eigenvalue weighted by atomic mass is 9.99. The van der Waals surface area contributed by atoms with Crippen molar-refractivity contribution >= 4 is 35.2 Å². The Bertz CT molecular complexity index is 1390. The fourth-order valence-electron chi connectivity index (χ4n) is 4.27. The van der Waals surface area contributed by atoms with Gasteiger partial charge in [0.15, 0.2) is 0 Å². The number of ether oxygens (including phenoxy) is 1. The fourth-order valence-corrected chi connectivity index (χ4v) is 4.54. The molecule has 41 heavy (non-hydrogen) atoms. The molecule has 3 aromatic rings. The van der Waals surface area contributed by atoms with Crippen LogP contribution >= 0.6 is 11.6 Å². The number of carbonyl (C=O) groups excluding carboxylic acids is 3. The van der Waals surface area contributed by atoms with Crippen LogP contribution in [-0.4, -0.2) is 34.5 Å². The number of terminal acetylenes is 1. The normalized spacial score (nSPS) is 12.4. The van der Waals surface area contributed by atoms with Crippen LogP contribution in [0.5, 0.6) is 0 Å². The number of carbonyl (C=O) groups is 3. The van der Waals surface area contributed by atoms with E-state index < -0.39 is 35.6 Å². The first-order valence-corrected chi connectivity index (χ1v) is 13.8. The maximum Gasteiger partial charge on any atom is 0.408 e. The number of nitrogens with zero attached hydrogens (tertiary/aromatic N) is 1. The molecular weight excluding hydrogens is 538 g/mol. The molecule has 0 saturated heterocycles. The van der Waals surface area contributed by atoms with Crippen LogP contribution in [0.25, 0.3) is 0 Å². The van der Waals surface area contributed by atoms with E-state index in [4.69, 9.17) is 22.8 Å². The highest BCUT2D eigenvalue weighted by Crippen LogP contribution is 2.29. The van der Waals surface area contributed by atoms with E-state index in [1.54, 1.807) is 45.0 Å². The van der Waals surface area contributed by atoms with Crippen LogP contribution in [0.1, 0.15) is 56.0 Å². The Hall–Kier alpha value is -4.28. The van der Waals surface area contributed by atoms with Gasteiger partial charge in [-0.05, 0) is 62.4 Å². The van der Waals surface area contributed by atoms with Gasteiger partial charge in [-0.25, -0.2) is 4.79 Å². The zero-order valence-corrected chi connectivity index (χ0v) is 24.8. The molecule has 0 spiro atoms. The smallest absolute Gasteiger partial charge is 0.408 e. The second-order valence-electron chi connectivity index (χ2n) is 10.6. The third-order valence-electron chi connectivity index (χ3n) is 6.33. The SMILES string of the molecule is C#CN(C(=O)C(Cc1ccccc1)NC(=O)OC(C)(C)C)C(C(=O)Nc1c(C)cccc1Cl)c1ccc(CC)cc1. The summed E-state index contributed by atoms with van der Waals surface area (Å²) in [6.45, 7) is 9.02. The van der Waals surface area contributed by atoms with Crippen molar-refractivity contribution in [2.45, 2.75) is 65.1 Å². The molecule has 0 bridgehead atoms. The van der Waals surface area contributed by atoms with Crippen LogP contribution in [0.3, 0.4) is 0 Å². The van der Waals surface area contributed by atoms with E-state index in [0.29, 0.717) is 16.3 Å². The van der Waals surface area contributed by atoms with Crippen LogP contribution in [0.2, 0.25) is 5.02 Å². The van der Waals surface area contributed by atoms with Gasteiger partial charge in [-0.3, -0.25) is 14.5 Å². The highest BCUT2D eigenvalue weighted by molar-refractivity contribution is 6.34. The topological polar surface area (TPSA) is 87.7 Å². The summed E-state index contributed by atoms with van der Waals surface area (Å²) in [4.78, 5) is 41.8. The van der Waals surface area contributed by atoms with Crippen LogP contribution in [0, 0.1) is 19.4 Å². The van der Waals surface area contributed by atoms with Crippen LogP contribution in [-0.2, 0) is 27.2 Å². The van der Waals surface area contributed by atoms with Crippen molar-refractivity contribution in [3.8, 4) is 12.5 Å². The summed E-state index contributed by atoms with van der Waals surface area (Å²) in [5.74, 6) is -1.19. The number of hydrogen-bond donors (Lipinski definition) is 2. The second-order valence-corrected chi connectivity index (χ2v) is 11.1. The van der Waals surface area contributed by atoms with Crippen LogP contribution in [0.15, 0.2) is 72.8 Å². The molecule has 7 nitrogen and oxygen atoms in total. The molecule has 3 amide bonds. The quantitative estimate of drug-likeness (QED) is 0.228. The Balaban J connectivity index is 2.04. The Labute approximate surface area is 247 Å². The van der Waals surface area contributed by atoms with Gasteiger partial charge >= 0.3 is 6.09 Å². The number of aryl methyl sites for hydroxylation is 2. The number of rotatable bonds is 9. The van der Waals surface area contributed by atoms with Crippen molar-refractivity contribution in [3.05, 3.63) is 100 Å². The Morgan fingerprint density at radius 1 is 0.976 bits per heavy atom. The van der Waals surface area contributed by atoms with Crippen molar-refractivity contribution in [1.82, 2.24) is 10.2 Å². The van der Waals surface area contributed by atoms with Gasteiger partial charge in [0.05, 0.1) is 10.7 Å². The molecule has 3 aromatic carbocycles. The van der Waals surface area contributed by atoms with E-state index in [2.05, 4.69) is 16.7 Å². The Kier molecular flexibility index (Phi) is 10.6. The zero-order valence-electron chi connectivity index (χ0n) is 24.0. The fraction of sp³-hybridized carbons (Fsp3) is 0.303. The summed E-state index contributed by atoms with van der Waals surface area (Å²) in [6.07, 6.45) is 6.08. The first-order valence-electron chi connectivity index (χ1n) is 13.4. The van der Waals surface area contributed by atoms with E-state index in [0.717, 1.165) is 28.0 Å². The second kappa shape index (κ2) is 13.9. The average Bonchev–Trinajstić information content (AvgIpc) is 2.92. The largest absolute Gasteiger partial charge is 0.444 e. The number of para-hydroxylation sites is 1. The number of benzene rings is 3. The molecule has 3 rings (SSSR count). The van der Waals surface area contributed by atoms with E-state index in [1.807, 2.05) is 62.4 Å². The van der Waals surface area contributed by atoms with Gasteiger partial charge in [0.1, 0.15) is 17.7 Å². The number of amides is 3. The molecule has 0 saturated carbocycles. The molecule has 0 fully saturated rings. The molecule has 0 aliphatic rings. The van der Waals surface area contributed by atoms with Crippen LogP contribution < -0.4 is 10.6 Å². The Morgan fingerprint density at radius 3 is 2.20 bits per heavy atom. The van der Waals surface area contributed by atoms with E-state index >= 15 is 0 Å². The number of nitrogens with one attached hydrogen (secondary N) is 2. The van der Waals surface area contributed by atoms with E-state index in [1.165, 1.54) is 0 Å². The van der Waals surface area contributed by atoms with Gasteiger partial charge in [0, 0.05) is 12.5 Å². The Morgan fingerprint density at radius 2 is 1.63 bits per heavy atom. The minimum absolute atomic E-state index is 0.129. The molecule has 0 aromatic heterocycles. The summed E-state index contributed by atoms with van der Waals surface area (Å²) in [6, 6.07) is 21.9.